The van der Waals surface area contributed by atoms with E-state index < -0.39 is 5.97 Å². The summed E-state index contributed by atoms with van der Waals surface area (Å²) in [6.07, 6.45) is 2.55. The first-order valence-corrected chi connectivity index (χ1v) is 7.08. The van der Waals surface area contributed by atoms with Crippen molar-refractivity contribution in [3.8, 4) is 0 Å². The predicted molar refractivity (Wildman–Crippen MR) is 74.9 cm³/mol. The van der Waals surface area contributed by atoms with E-state index in [1.807, 2.05) is 6.07 Å². The third kappa shape index (κ3) is 2.06. The van der Waals surface area contributed by atoms with Crippen molar-refractivity contribution >= 4 is 11.8 Å². The first-order valence-electron chi connectivity index (χ1n) is 7.08. The van der Waals surface area contributed by atoms with E-state index in [1.165, 1.54) is 6.07 Å². The van der Waals surface area contributed by atoms with Crippen LogP contribution in [0.15, 0.2) is 18.2 Å². The topological polar surface area (TPSA) is 71.5 Å². The van der Waals surface area contributed by atoms with Crippen molar-refractivity contribution in [2.24, 2.45) is 11.3 Å². The molecular formula is C15H20N2O3. The molecule has 3 rings (SSSR count). The molecule has 2 fully saturated rings. The van der Waals surface area contributed by atoms with Crippen LogP contribution >= 0.6 is 0 Å². The Bertz CT molecular complexity index is 530. The molecule has 5 heteroatoms. The van der Waals surface area contributed by atoms with E-state index in [4.69, 9.17) is 9.84 Å². The monoisotopic (exact) mass is 276 g/mol. The lowest BCUT2D eigenvalue weighted by Gasteiger charge is -2.60. The molecule has 0 amide bonds. The van der Waals surface area contributed by atoms with Gasteiger partial charge in [-0.1, -0.05) is 19.9 Å². The normalized spacial score (nSPS) is 31.0. The zero-order valence-electron chi connectivity index (χ0n) is 11.8. The summed E-state index contributed by atoms with van der Waals surface area (Å²) in [4.78, 5) is 15.1. The van der Waals surface area contributed by atoms with E-state index in [9.17, 15) is 4.79 Å². The van der Waals surface area contributed by atoms with E-state index in [0.29, 0.717) is 17.8 Å². The molecule has 1 aliphatic carbocycles. The van der Waals surface area contributed by atoms with Crippen molar-refractivity contribution in [2.75, 3.05) is 11.9 Å². The van der Waals surface area contributed by atoms with Crippen molar-refractivity contribution in [1.29, 1.82) is 0 Å². The van der Waals surface area contributed by atoms with Crippen molar-refractivity contribution < 1.29 is 14.6 Å². The molecule has 0 spiro atoms. The van der Waals surface area contributed by atoms with Crippen LogP contribution in [0.2, 0.25) is 0 Å². The van der Waals surface area contributed by atoms with Crippen molar-refractivity contribution in [2.45, 2.75) is 38.8 Å². The van der Waals surface area contributed by atoms with Gasteiger partial charge in [-0.25, -0.2) is 9.78 Å². The Hall–Kier alpha value is -1.62. The summed E-state index contributed by atoms with van der Waals surface area (Å²) in [5.74, 6) is 0.126. The summed E-state index contributed by atoms with van der Waals surface area (Å²) < 4.78 is 5.87. The van der Waals surface area contributed by atoms with Crippen molar-refractivity contribution in [1.82, 2.24) is 4.98 Å². The number of carboxylic acids is 1. The van der Waals surface area contributed by atoms with E-state index in [-0.39, 0.29) is 17.2 Å². The van der Waals surface area contributed by atoms with Crippen LogP contribution in [0.25, 0.3) is 0 Å². The maximum Gasteiger partial charge on any atom is 0.354 e. The molecule has 2 heterocycles. The second-order valence-corrected chi connectivity index (χ2v) is 6.25. The number of fused-ring (bicyclic) bond motifs is 1. The van der Waals surface area contributed by atoms with E-state index in [1.54, 1.807) is 6.07 Å². The van der Waals surface area contributed by atoms with Gasteiger partial charge in [0.2, 0.25) is 0 Å². The highest BCUT2D eigenvalue weighted by Gasteiger charge is 2.58. The van der Waals surface area contributed by atoms with Crippen LogP contribution < -0.4 is 5.32 Å². The van der Waals surface area contributed by atoms with Gasteiger partial charge in [0.15, 0.2) is 5.69 Å². The van der Waals surface area contributed by atoms with Gasteiger partial charge in [0.1, 0.15) is 5.82 Å². The summed E-state index contributed by atoms with van der Waals surface area (Å²) in [7, 11) is 0. The number of aromatic nitrogens is 1. The number of pyridine rings is 1. The molecule has 1 aliphatic heterocycles. The molecule has 0 bridgehead atoms. The smallest absolute Gasteiger partial charge is 0.354 e. The quantitative estimate of drug-likeness (QED) is 0.887. The number of aromatic carboxylic acids is 1. The Morgan fingerprint density at radius 1 is 1.50 bits per heavy atom. The Labute approximate surface area is 118 Å². The van der Waals surface area contributed by atoms with Gasteiger partial charge in [0.05, 0.1) is 6.10 Å². The number of carbonyl (C=O) groups is 1. The van der Waals surface area contributed by atoms with Crippen LogP contribution in [0.4, 0.5) is 5.82 Å². The minimum atomic E-state index is -1.000. The fraction of sp³-hybridized carbons (Fsp3) is 0.600. The largest absolute Gasteiger partial charge is 0.477 e. The Morgan fingerprint density at radius 2 is 2.30 bits per heavy atom. The first-order chi connectivity index (χ1) is 9.50. The molecule has 1 saturated carbocycles. The van der Waals surface area contributed by atoms with Crippen LogP contribution in [0.1, 0.15) is 37.2 Å². The highest BCUT2D eigenvalue weighted by atomic mass is 16.5. The molecule has 0 aromatic carbocycles. The number of hydrogen-bond donors (Lipinski definition) is 2. The average molecular weight is 276 g/mol. The number of anilines is 1. The minimum absolute atomic E-state index is 0.0476. The molecule has 2 N–H and O–H groups in total. The van der Waals surface area contributed by atoms with Gasteiger partial charge in [0.25, 0.3) is 0 Å². The lowest BCUT2D eigenvalue weighted by Crippen LogP contribution is -2.67. The highest BCUT2D eigenvalue weighted by Crippen LogP contribution is 2.52. The second kappa shape index (κ2) is 4.74. The number of hydrogen-bond acceptors (Lipinski definition) is 4. The fourth-order valence-electron chi connectivity index (χ4n) is 3.61. The van der Waals surface area contributed by atoms with Crippen LogP contribution in [0, 0.1) is 11.3 Å². The van der Waals surface area contributed by atoms with E-state index >= 15 is 0 Å². The molecule has 1 aromatic heterocycles. The Kier molecular flexibility index (Phi) is 3.17. The van der Waals surface area contributed by atoms with E-state index in [2.05, 4.69) is 24.1 Å². The zero-order chi connectivity index (χ0) is 14.3. The summed E-state index contributed by atoms with van der Waals surface area (Å²) in [6.45, 7) is 5.24. The first kappa shape index (κ1) is 13.4. The number of carboxylic acid groups (broad SMARTS) is 1. The molecule has 108 valence electrons. The van der Waals surface area contributed by atoms with Gasteiger partial charge in [-0.05, 0) is 25.0 Å². The van der Waals surface area contributed by atoms with Crippen molar-refractivity contribution in [3.05, 3.63) is 23.9 Å². The molecule has 5 nitrogen and oxygen atoms in total. The minimum Gasteiger partial charge on any atom is -0.477 e. The van der Waals surface area contributed by atoms with Gasteiger partial charge in [-0.15, -0.1) is 0 Å². The molecule has 1 aromatic rings. The van der Waals surface area contributed by atoms with Crippen LogP contribution in [0.3, 0.4) is 0 Å². The van der Waals surface area contributed by atoms with Crippen LogP contribution in [-0.4, -0.2) is 34.8 Å². The SMILES string of the molecule is CC1(C)C(Nc2cccc(C(=O)O)n2)C2CCCOC21. The standard InChI is InChI=1S/C15H20N2O3/c1-15(2)12(9-5-4-8-20-13(9)15)17-11-7-3-6-10(16-11)14(18)19/h3,6-7,9,12-13H,4-5,8H2,1-2H3,(H,16,17)(H,18,19). The fourth-order valence-corrected chi connectivity index (χ4v) is 3.61. The van der Waals surface area contributed by atoms with E-state index in [0.717, 1.165) is 19.4 Å². The molecule has 3 atom stereocenters. The zero-order valence-corrected chi connectivity index (χ0v) is 11.8. The number of rotatable bonds is 3. The third-order valence-corrected chi connectivity index (χ3v) is 4.60. The summed E-state index contributed by atoms with van der Waals surface area (Å²) in [5.41, 5.74) is 0.120. The van der Waals surface area contributed by atoms with Crippen LogP contribution in [0.5, 0.6) is 0 Å². The molecule has 2 aliphatic rings. The lowest BCUT2D eigenvalue weighted by molar-refractivity contribution is -0.177. The lowest BCUT2D eigenvalue weighted by atomic mass is 9.55. The van der Waals surface area contributed by atoms with Crippen molar-refractivity contribution in [3.63, 3.8) is 0 Å². The van der Waals surface area contributed by atoms with Gasteiger partial charge in [-0.3, -0.25) is 0 Å². The third-order valence-electron chi connectivity index (χ3n) is 4.60. The molecule has 20 heavy (non-hydrogen) atoms. The van der Waals surface area contributed by atoms with Gasteiger partial charge in [-0.2, -0.15) is 0 Å². The summed E-state index contributed by atoms with van der Waals surface area (Å²) >= 11 is 0. The Balaban J connectivity index is 1.77. The summed E-state index contributed by atoms with van der Waals surface area (Å²) in [5, 5.41) is 12.4. The average Bonchev–Trinajstić information content (AvgIpc) is 2.45. The predicted octanol–water partition coefficient (Wildman–Crippen LogP) is 2.40. The second-order valence-electron chi connectivity index (χ2n) is 6.25. The van der Waals surface area contributed by atoms with Gasteiger partial charge in [0, 0.05) is 24.0 Å². The molecule has 1 saturated heterocycles. The molecule has 0 radical (unpaired) electrons. The maximum atomic E-state index is 11.0. The molecule has 3 unspecified atom stereocenters. The Morgan fingerprint density at radius 3 is 3.05 bits per heavy atom. The van der Waals surface area contributed by atoms with Gasteiger partial charge < -0.3 is 15.2 Å². The highest BCUT2D eigenvalue weighted by molar-refractivity contribution is 5.85. The van der Waals surface area contributed by atoms with Gasteiger partial charge >= 0.3 is 5.97 Å². The van der Waals surface area contributed by atoms with Crippen LogP contribution in [-0.2, 0) is 4.74 Å². The molecular weight excluding hydrogens is 256 g/mol. The number of nitrogens with one attached hydrogen (secondary N) is 1. The number of nitrogens with zero attached hydrogens (tertiary/aromatic N) is 1. The number of ether oxygens (including phenoxy) is 1. The maximum absolute atomic E-state index is 11.0. The summed E-state index contributed by atoms with van der Waals surface area (Å²) in [6, 6.07) is 5.33.